The number of halogens is 2. The van der Waals surface area contributed by atoms with E-state index in [2.05, 4.69) is 27.3 Å². The maximum absolute atomic E-state index is 6.05. The third-order valence-electron chi connectivity index (χ3n) is 3.01. The van der Waals surface area contributed by atoms with Crippen molar-refractivity contribution in [2.45, 2.75) is 12.7 Å². The van der Waals surface area contributed by atoms with E-state index in [1.165, 1.54) is 0 Å². The molecule has 0 aliphatic rings. The van der Waals surface area contributed by atoms with Crippen LogP contribution >= 0.6 is 27.5 Å². The summed E-state index contributed by atoms with van der Waals surface area (Å²) in [7, 11) is 1.92. The summed E-state index contributed by atoms with van der Waals surface area (Å²) in [6.07, 6.45) is -0.0224. The summed E-state index contributed by atoms with van der Waals surface area (Å²) in [6.45, 7) is 1.30. The summed E-state index contributed by atoms with van der Waals surface area (Å²) in [5, 5.41) is 3.89. The summed E-state index contributed by atoms with van der Waals surface area (Å²) in [5.74, 6) is 0. The average molecular weight is 355 g/mol. The van der Waals surface area contributed by atoms with Gasteiger partial charge in [-0.2, -0.15) is 0 Å². The van der Waals surface area contributed by atoms with Crippen molar-refractivity contribution < 1.29 is 4.74 Å². The van der Waals surface area contributed by atoms with E-state index in [0.717, 1.165) is 27.2 Å². The van der Waals surface area contributed by atoms with Gasteiger partial charge >= 0.3 is 0 Å². The highest BCUT2D eigenvalue weighted by Gasteiger charge is 2.12. The molecule has 1 N–H and O–H groups in total. The van der Waals surface area contributed by atoms with Crippen molar-refractivity contribution in [3.8, 4) is 0 Å². The first-order valence-corrected chi connectivity index (χ1v) is 7.63. The molecule has 0 spiro atoms. The largest absolute Gasteiger partial charge is 0.367 e. The van der Waals surface area contributed by atoms with E-state index < -0.39 is 0 Å². The monoisotopic (exact) mass is 353 g/mol. The van der Waals surface area contributed by atoms with Crippen molar-refractivity contribution in [1.82, 2.24) is 5.32 Å². The Morgan fingerprint density at radius 3 is 2.70 bits per heavy atom. The van der Waals surface area contributed by atoms with Gasteiger partial charge in [-0.15, -0.1) is 0 Å². The maximum Gasteiger partial charge on any atom is 0.0954 e. The number of hydrogen-bond acceptors (Lipinski definition) is 2. The van der Waals surface area contributed by atoms with Crippen LogP contribution in [0.25, 0.3) is 0 Å². The van der Waals surface area contributed by atoms with Crippen LogP contribution in [-0.2, 0) is 11.3 Å². The minimum atomic E-state index is -0.0224. The lowest BCUT2D eigenvalue weighted by Gasteiger charge is -2.19. The van der Waals surface area contributed by atoms with Crippen LogP contribution < -0.4 is 5.32 Å². The van der Waals surface area contributed by atoms with Crippen LogP contribution in [0.2, 0.25) is 5.02 Å². The molecule has 1 atom stereocenters. The zero-order chi connectivity index (χ0) is 14.4. The molecule has 0 amide bonds. The summed E-state index contributed by atoms with van der Waals surface area (Å²) >= 11 is 9.58. The zero-order valence-corrected chi connectivity index (χ0v) is 13.6. The minimum Gasteiger partial charge on any atom is -0.367 e. The van der Waals surface area contributed by atoms with Crippen LogP contribution in [-0.4, -0.2) is 13.6 Å². The highest BCUT2D eigenvalue weighted by atomic mass is 79.9. The van der Waals surface area contributed by atoms with Crippen LogP contribution in [0.5, 0.6) is 0 Å². The summed E-state index contributed by atoms with van der Waals surface area (Å²) in [6, 6.07) is 15.9. The molecule has 1 unspecified atom stereocenters. The van der Waals surface area contributed by atoms with Crippen LogP contribution in [0.1, 0.15) is 17.2 Å². The average Bonchev–Trinajstić information content (AvgIpc) is 2.45. The van der Waals surface area contributed by atoms with Gasteiger partial charge in [0.05, 0.1) is 12.7 Å². The molecular weight excluding hydrogens is 338 g/mol. The van der Waals surface area contributed by atoms with Gasteiger partial charge in [0.15, 0.2) is 0 Å². The zero-order valence-electron chi connectivity index (χ0n) is 11.3. The SMILES string of the molecule is CNCC(OCc1ccccc1Br)c1cccc(Cl)c1. The van der Waals surface area contributed by atoms with Crippen molar-refractivity contribution in [3.05, 3.63) is 69.2 Å². The number of likely N-dealkylation sites (N-methyl/N-ethyl adjacent to an activating group) is 1. The molecule has 2 aromatic rings. The Labute approximate surface area is 133 Å². The molecule has 2 rings (SSSR count). The topological polar surface area (TPSA) is 21.3 Å². The van der Waals surface area contributed by atoms with Crippen LogP contribution in [0.4, 0.5) is 0 Å². The Kier molecular flexibility index (Phi) is 6.05. The molecule has 2 aromatic carbocycles. The Bertz CT molecular complexity index is 562. The predicted molar refractivity (Wildman–Crippen MR) is 87.1 cm³/mol. The fourth-order valence-electron chi connectivity index (χ4n) is 1.97. The molecule has 0 saturated carbocycles. The van der Waals surface area contributed by atoms with E-state index >= 15 is 0 Å². The molecule has 0 radical (unpaired) electrons. The third-order valence-corrected chi connectivity index (χ3v) is 4.02. The smallest absolute Gasteiger partial charge is 0.0954 e. The van der Waals surface area contributed by atoms with Crippen molar-refractivity contribution in [2.24, 2.45) is 0 Å². The quantitative estimate of drug-likeness (QED) is 0.820. The molecule has 0 aromatic heterocycles. The maximum atomic E-state index is 6.05. The minimum absolute atomic E-state index is 0.0224. The molecule has 20 heavy (non-hydrogen) atoms. The van der Waals surface area contributed by atoms with E-state index in [0.29, 0.717) is 6.61 Å². The second-order valence-corrected chi connectivity index (χ2v) is 5.79. The molecule has 2 nitrogen and oxygen atoms in total. The highest BCUT2D eigenvalue weighted by Crippen LogP contribution is 2.24. The lowest BCUT2D eigenvalue weighted by atomic mass is 10.1. The van der Waals surface area contributed by atoms with Crippen molar-refractivity contribution in [2.75, 3.05) is 13.6 Å². The van der Waals surface area contributed by atoms with Crippen LogP contribution in [0, 0.1) is 0 Å². The van der Waals surface area contributed by atoms with Gasteiger partial charge in [-0.1, -0.05) is 57.9 Å². The van der Waals surface area contributed by atoms with E-state index in [1.807, 2.05) is 49.5 Å². The molecule has 4 heteroatoms. The summed E-state index contributed by atoms with van der Waals surface area (Å²) < 4.78 is 7.10. The van der Waals surface area contributed by atoms with Crippen molar-refractivity contribution >= 4 is 27.5 Å². The van der Waals surface area contributed by atoms with Gasteiger partial charge in [-0.25, -0.2) is 0 Å². The molecule has 0 heterocycles. The number of nitrogens with one attached hydrogen (secondary N) is 1. The number of benzene rings is 2. The summed E-state index contributed by atoms with van der Waals surface area (Å²) in [4.78, 5) is 0. The van der Waals surface area contributed by atoms with Gasteiger partial charge in [0, 0.05) is 16.0 Å². The molecule has 106 valence electrons. The second-order valence-electron chi connectivity index (χ2n) is 4.50. The van der Waals surface area contributed by atoms with Gasteiger partial charge in [-0.3, -0.25) is 0 Å². The fraction of sp³-hybridized carbons (Fsp3) is 0.250. The normalized spacial score (nSPS) is 12.3. The first-order valence-electron chi connectivity index (χ1n) is 6.46. The molecular formula is C16H17BrClNO. The fourth-order valence-corrected chi connectivity index (χ4v) is 2.57. The third kappa shape index (κ3) is 4.32. The predicted octanol–water partition coefficient (Wildman–Crippen LogP) is 4.58. The van der Waals surface area contributed by atoms with Gasteiger partial charge < -0.3 is 10.1 Å². The lowest BCUT2D eigenvalue weighted by Crippen LogP contribution is -2.19. The van der Waals surface area contributed by atoms with Crippen molar-refractivity contribution in [1.29, 1.82) is 0 Å². The molecule has 0 aliphatic carbocycles. The molecule has 0 fully saturated rings. The Morgan fingerprint density at radius 2 is 2.00 bits per heavy atom. The van der Waals surface area contributed by atoms with E-state index in [4.69, 9.17) is 16.3 Å². The van der Waals surface area contributed by atoms with Crippen molar-refractivity contribution in [3.63, 3.8) is 0 Å². The number of rotatable bonds is 6. The summed E-state index contributed by atoms with van der Waals surface area (Å²) in [5.41, 5.74) is 2.22. The Balaban J connectivity index is 2.08. The van der Waals surface area contributed by atoms with Gasteiger partial charge in [-0.05, 0) is 36.4 Å². The standard InChI is InChI=1S/C16H17BrClNO/c1-19-10-16(12-6-4-7-14(18)9-12)20-11-13-5-2-3-8-15(13)17/h2-9,16,19H,10-11H2,1H3. The number of ether oxygens (including phenoxy) is 1. The number of hydrogen-bond donors (Lipinski definition) is 1. The van der Waals surface area contributed by atoms with E-state index in [1.54, 1.807) is 0 Å². The Hall–Kier alpha value is -0.870. The lowest BCUT2D eigenvalue weighted by molar-refractivity contribution is 0.0407. The van der Waals surface area contributed by atoms with E-state index in [-0.39, 0.29) is 6.10 Å². The van der Waals surface area contributed by atoms with E-state index in [9.17, 15) is 0 Å². The van der Waals surface area contributed by atoms with Gasteiger partial charge in [0.25, 0.3) is 0 Å². The molecule has 0 bridgehead atoms. The van der Waals surface area contributed by atoms with Gasteiger partial charge in [0.2, 0.25) is 0 Å². The van der Waals surface area contributed by atoms with Crippen LogP contribution in [0.15, 0.2) is 53.0 Å². The molecule has 0 aliphatic heterocycles. The second kappa shape index (κ2) is 7.79. The Morgan fingerprint density at radius 1 is 1.20 bits per heavy atom. The highest BCUT2D eigenvalue weighted by molar-refractivity contribution is 9.10. The van der Waals surface area contributed by atoms with Gasteiger partial charge in [0.1, 0.15) is 0 Å². The first kappa shape index (κ1) is 15.5. The first-order chi connectivity index (χ1) is 9.70. The van der Waals surface area contributed by atoms with Crippen LogP contribution in [0.3, 0.4) is 0 Å². The molecule has 0 saturated heterocycles.